The van der Waals surface area contributed by atoms with Gasteiger partial charge >= 0.3 is 0 Å². The number of aromatic amines is 1. The molecule has 0 bridgehead atoms. The molecule has 1 aliphatic rings. The van der Waals surface area contributed by atoms with Crippen molar-refractivity contribution in [3.05, 3.63) is 48.5 Å². The summed E-state index contributed by atoms with van der Waals surface area (Å²) in [6.45, 7) is 2.81. The summed E-state index contributed by atoms with van der Waals surface area (Å²) in [5, 5.41) is 0. The van der Waals surface area contributed by atoms with Crippen LogP contribution in [0.5, 0.6) is 11.5 Å². The molecule has 0 aliphatic carbocycles. The zero-order valence-electron chi connectivity index (χ0n) is 20.4. The summed E-state index contributed by atoms with van der Waals surface area (Å²) in [6.07, 6.45) is 0. The van der Waals surface area contributed by atoms with Crippen LogP contribution in [0.3, 0.4) is 0 Å². The second-order valence-electron chi connectivity index (χ2n) is 8.22. The number of ether oxygens (including phenoxy) is 3. The summed E-state index contributed by atoms with van der Waals surface area (Å²) in [4.78, 5) is 24.2. The van der Waals surface area contributed by atoms with Crippen molar-refractivity contribution in [1.29, 1.82) is 0 Å². The van der Waals surface area contributed by atoms with E-state index in [0.29, 0.717) is 30.8 Å². The summed E-state index contributed by atoms with van der Waals surface area (Å²) in [6, 6.07) is 15.6. The van der Waals surface area contributed by atoms with Gasteiger partial charge in [0, 0.05) is 38.6 Å². The fraction of sp³-hybridized carbons (Fsp3) is 0.320. The number of nitrogens with zero attached hydrogens (tertiary/aromatic N) is 6. The Labute approximate surface area is 204 Å². The topological polar surface area (TPSA) is 91.9 Å². The number of H-pyrrole nitrogens is 1. The molecule has 1 aliphatic heterocycles. The predicted molar refractivity (Wildman–Crippen MR) is 137 cm³/mol. The van der Waals surface area contributed by atoms with E-state index in [4.69, 9.17) is 29.2 Å². The highest BCUT2D eigenvalue weighted by Crippen LogP contribution is 2.32. The van der Waals surface area contributed by atoms with Crippen LogP contribution in [0.4, 0.5) is 29.1 Å². The van der Waals surface area contributed by atoms with Gasteiger partial charge < -0.3 is 33.9 Å². The number of hydrogen-bond donors (Lipinski definition) is 1. The van der Waals surface area contributed by atoms with Crippen LogP contribution >= 0.6 is 0 Å². The maximum absolute atomic E-state index is 5.57. The third kappa shape index (κ3) is 4.52. The summed E-state index contributed by atoms with van der Waals surface area (Å²) in [5.41, 5.74) is 3.33. The average molecular weight is 476 g/mol. The number of rotatable bonds is 7. The summed E-state index contributed by atoms with van der Waals surface area (Å²) < 4.78 is 16.1. The Hall–Kier alpha value is -4.05. The van der Waals surface area contributed by atoms with Crippen LogP contribution in [0.15, 0.2) is 48.5 Å². The van der Waals surface area contributed by atoms with Crippen LogP contribution in [-0.4, -0.2) is 74.6 Å². The molecule has 0 atom stereocenters. The van der Waals surface area contributed by atoms with Crippen molar-refractivity contribution >= 4 is 40.3 Å². The highest BCUT2D eigenvalue weighted by Gasteiger charge is 2.23. The molecule has 182 valence electrons. The lowest BCUT2D eigenvalue weighted by Gasteiger charge is -2.29. The van der Waals surface area contributed by atoms with Crippen molar-refractivity contribution in [2.75, 3.05) is 69.3 Å². The monoisotopic (exact) mass is 475 g/mol. The molecule has 0 spiro atoms. The number of hydrogen-bond acceptors (Lipinski definition) is 9. The van der Waals surface area contributed by atoms with Gasteiger partial charge in [-0.25, -0.2) is 0 Å². The van der Waals surface area contributed by atoms with Crippen LogP contribution in [0, 0.1) is 0 Å². The molecule has 10 heteroatoms. The van der Waals surface area contributed by atoms with E-state index in [9.17, 15) is 0 Å². The third-order valence-electron chi connectivity index (χ3n) is 6.16. The largest absolute Gasteiger partial charge is 0.497 e. The van der Waals surface area contributed by atoms with Crippen molar-refractivity contribution in [2.24, 2.45) is 0 Å². The zero-order valence-corrected chi connectivity index (χ0v) is 20.4. The lowest BCUT2D eigenvalue weighted by atomic mass is 10.3. The minimum atomic E-state index is 0.564. The summed E-state index contributed by atoms with van der Waals surface area (Å²) in [7, 11) is 7.22. The first-order valence-corrected chi connectivity index (χ1v) is 11.4. The molecule has 0 amide bonds. The normalized spacial score (nSPS) is 13.7. The van der Waals surface area contributed by atoms with Gasteiger partial charge in [-0.15, -0.1) is 0 Å². The third-order valence-corrected chi connectivity index (χ3v) is 6.16. The van der Waals surface area contributed by atoms with Crippen molar-refractivity contribution in [2.45, 2.75) is 0 Å². The van der Waals surface area contributed by atoms with E-state index in [0.717, 1.165) is 47.3 Å². The first-order valence-electron chi connectivity index (χ1n) is 11.4. The molecule has 1 N–H and O–H groups in total. The van der Waals surface area contributed by atoms with Crippen LogP contribution in [-0.2, 0) is 4.74 Å². The van der Waals surface area contributed by atoms with Crippen molar-refractivity contribution in [1.82, 2.24) is 19.9 Å². The maximum atomic E-state index is 5.57. The Morgan fingerprint density at radius 1 is 0.800 bits per heavy atom. The number of fused-ring (bicyclic) bond motifs is 1. The molecule has 4 aromatic rings. The highest BCUT2D eigenvalue weighted by molar-refractivity contribution is 5.87. The van der Waals surface area contributed by atoms with Gasteiger partial charge in [0.1, 0.15) is 17.0 Å². The summed E-state index contributed by atoms with van der Waals surface area (Å²) >= 11 is 0. The van der Waals surface area contributed by atoms with E-state index in [1.54, 1.807) is 14.2 Å². The molecule has 0 saturated carbocycles. The highest BCUT2D eigenvalue weighted by atomic mass is 16.5. The maximum Gasteiger partial charge on any atom is 0.233 e. The number of aromatic nitrogens is 4. The number of nitrogens with one attached hydrogen (secondary N) is 1. The van der Waals surface area contributed by atoms with Gasteiger partial charge in [0.25, 0.3) is 0 Å². The van der Waals surface area contributed by atoms with Crippen molar-refractivity contribution in [3.63, 3.8) is 0 Å². The quantitative estimate of drug-likeness (QED) is 0.429. The molecule has 10 nitrogen and oxygen atoms in total. The minimum absolute atomic E-state index is 0.564. The first-order chi connectivity index (χ1) is 17.1. The van der Waals surface area contributed by atoms with Crippen LogP contribution in [0.1, 0.15) is 0 Å². The Balaban J connectivity index is 1.55. The van der Waals surface area contributed by atoms with Gasteiger partial charge in [0.15, 0.2) is 11.5 Å². The van der Waals surface area contributed by atoms with Crippen LogP contribution < -0.4 is 24.2 Å². The molecule has 2 aromatic heterocycles. The smallest absolute Gasteiger partial charge is 0.233 e. The molecule has 1 fully saturated rings. The van der Waals surface area contributed by atoms with Gasteiger partial charge in [0.2, 0.25) is 11.9 Å². The molecule has 5 rings (SSSR count). The predicted octanol–water partition coefficient (Wildman–Crippen LogP) is 3.74. The number of methoxy groups -OCH3 is 2. The molecule has 35 heavy (non-hydrogen) atoms. The van der Waals surface area contributed by atoms with E-state index in [1.807, 2.05) is 72.4 Å². The number of imidazole rings is 1. The van der Waals surface area contributed by atoms with E-state index in [-0.39, 0.29) is 0 Å². The second-order valence-corrected chi connectivity index (χ2v) is 8.22. The van der Waals surface area contributed by atoms with Gasteiger partial charge in [-0.2, -0.15) is 15.0 Å². The molecule has 3 heterocycles. The van der Waals surface area contributed by atoms with E-state index < -0.39 is 0 Å². The van der Waals surface area contributed by atoms with Gasteiger partial charge in [-0.1, -0.05) is 0 Å². The van der Waals surface area contributed by atoms with Gasteiger partial charge in [0.05, 0.1) is 27.4 Å². The lowest BCUT2D eigenvalue weighted by molar-refractivity contribution is 0.122. The molecule has 0 unspecified atom stereocenters. The van der Waals surface area contributed by atoms with Crippen molar-refractivity contribution < 1.29 is 14.2 Å². The second kappa shape index (κ2) is 9.67. The van der Waals surface area contributed by atoms with Gasteiger partial charge in [-0.05, 0) is 48.5 Å². The lowest BCUT2D eigenvalue weighted by Crippen LogP contribution is -2.37. The van der Waals surface area contributed by atoms with E-state index in [2.05, 4.69) is 9.88 Å². The fourth-order valence-corrected chi connectivity index (χ4v) is 4.02. The van der Waals surface area contributed by atoms with Crippen LogP contribution in [0.2, 0.25) is 0 Å². The fourth-order valence-electron chi connectivity index (χ4n) is 4.02. The molecule has 0 radical (unpaired) electrons. The molecule has 2 aromatic carbocycles. The Kier molecular flexibility index (Phi) is 6.28. The molecular weight excluding hydrogens is 446 g/mol. The Morgan fingerprint density at radius 3 is 1.94 bits per heavy atom. The van der Waals surface area contributed by atoms with E-state index >= 15 is 0 Å². The summed E-state index contributed by atoms with van der Waals surface area (Å²) in [5.74, 6) is 3.66. The molecular formula is C25H29N7O3. The molecule has 1 saturated heterocycles. The van der Waals surface area contributed by atoms with E-state index in [1.165, 1.54) is 0 Å². The Morgan fingerprint density at radius 2 is 1.37 bits per heavy atom. The standard InChI is InChI=1S/C25H29N7O3/c1-30(17-5-9-19(33-3)10-6-17)24-26-21-22(27-24)28-25(29-23(21)32-13-15-35-16-14-32)31(2)18-7-11-20(34-4)12-8-18/h5-12H,13-16H2,1-4H3,(H,26,27,28,29). The number of morpholine rings is 1. The number of benzene rings is 2. The Bertz CT molecular complexity index is 1290. The average Bonchev–Trinajstić information content (AvgIpc) is 3.36. The zero-order chi connectivity index (χ0) is 24.4. The SMILES string of the molecule is COc1ccc(N(C)c2nc(N3CCOCC3)c3[nH]c(N(C)c4ccc(OC)cc4)nc3n2)cc1. The van der Waals surface area contributed by atoms with Crippen LogP contribution in [0.25, 0.3) is 11.2 Å². The first kappa shape index (κ1) is 22.7. The number of anilines is 5. The minimum Gasteiger partial charge on any atom is -0.497 e. The van der Waals surface area contributed by atoms with Gasteiger partial charge in [-0.3, -0.25) is 0 Å². The van der Waals surface area contributed by atoms with Crippen molar-refractivity contribution in [3.8, 4) is 11.5 Å².